The summed E-state index contributed by atoms with van der Waals surface area (Å²) < 4.78 is 48.3. The average Bonchev–Trinajstić information content (AvgIpc) is 3.54. The maximum absolute atomic E-state index is 8.62. The molecule has 1 nitrogen and oxygen atoms in total. The van der Waals surface area contributed by atoms with E-state index in [0.29, 0.717) is 5.56 Å². The second-order valence-corrected chi connectivity index (χ2v) is 11.3. The van der Waals surface area contributed by atoms with E-state index >= 15 is 0 Å². The highest BCUT2D eigenvalue weighted by Crippen LogP contribution is 2.47. The Hall–Kier alpha value is -5.92. The normalized spacial score (nSPS) is 13.1. The molecule has 0 radical (unpaired) electrons. The van der Waals surface area contributed by atoms with E-state index in [4.69, 9.17) is 11.3 Å². The van der Waals surface area contributed by atoms with Crippen molar-refractivity contribution >= 4 is 43.5 Å². The van der Waals surface area contributed by atoms with Crippen LogP contribution in [0.2, 0.25) is 0 Å². The fourth-order valence-electron chi connectivity index (χ4n) is 6.80. The van der Waals surface area contributed by atoms with Gasteiger partial charge in [-0.2, -0.15) is 0 Å². The third-order valence-corrected chi connectivity index (χ3v) is 8.74. The first-order chi connectivity index (χ1) is 24.4. The zero-order valence-electron chi connectivity index (χ0n) is 29.2. The average molecular weight is 578 g/mol. The molecular formula is C44H28O. The van der Waals surface area contributed by atoms with Gasteiger partial charge in [-0.25, -0.2) is 0 Å². The number of benzene rings is 8. The van der Waals surface area contributed by atoms with Crippen LogP contribution >= 0.6 is 0 Å². The van der Waals surface area contributed by atoms with Crippen LogP contribution in [0.15, 0.2) is 174 Å². The smallest absolute Gasteiger partial charge is 0.136 e. The van der Waals surface area contributed by atoms with Gasteiger partial charge in [-0.15, -0.1) is 0 Å². The molecule has 1 heterocycles. The zero-order chi connectivity index (χ0) is 34.1. The van der Waals surface area contributed by atoms with Gasteiger partial charge >= 0.3 is 0 Å². The molecule has 0 amide bonds. The molecule has 1 aromatic heterocycles. The Bertz CT molecular complexity index is 2730. The summed E-state index contributed by atoms with van der Waals surface area (Å²) >= 11 is 0. The Morgan fingerprint density at radius 3 is 1.71 bits per heavy atom. The van der Waals surface area contributed by atoms with Crippen molar-refractivity contribution in [2.75, 3.05) is 0 Å². The summed E-state index contributed by atoms with van der Waals surface area (Å²) in [6.07, 6.45) is 0. The van der Waals surface area contributed by atoms with Gasteiger partial charge in [0.2, 0.25) is 0 Å². The first kappa shape index (κ1) is 20.9. The molecule has 0 spiro atoms. The van der Waals surface area contributed by atoms with Crippen molar-refractivity contribution in [3.63, 3.8) is 0 Å². The maximum Gasteiger partial charge on any atom is 0.136 e. The second kappa shape index (κ2) is 10.4. The topological polar surface area (TPSA) is 13.1 Å². The van der Waals surface area contributed by atoms with Crippen LogP contribution in [0.1, 0.15) is 6.85 Å². The summed E-state index contributed by atoms with van der Waals surface area (Å²) in [6.45, 7) is 0. The minimum atomic E-state index is -0.399. The first-order valence-corrected chi connectivity index (χ1v) is 15.0. The fraction of sp³-hybridized carbons (Fsp3) is 0. The van der Waals surface area contributed by atoms with Gasteiger partial charge in [0, 0.05) is 10.8 Å². The standard InChI is InChI=1S/C44H28O/c1-3-13-29(14-4-1)31-17-11-18-33(27-31)42-34-19-7-9-21-36(34)43(37-22-10-8-20-35(37)42)39-23-12-24-40-44(39)38-26-25-32(28-41(38)45-40)30-15-5-2-6-16-30/h1-28H/i1D,3D,4D,13D,14D. The molecule has 9 rings (SSSR count). The molecule has 0 aliphatic rings. The Labute approximate surface area is 268 Å². The molecule has 0 aliphatic heterocycles. The summed E-state index contributed by atoms with van der Waals surface area (Å²) in [6, 6.07) is 46.0. The lowest BCUT2D eigenvalue weighted by Crippen LogP contribution is -1.91. The lowest BCUT2D eigenvalue weighted by Gasteiger charge is -2.18. The molecule has 210 valence electrons. The van der Waals surface area contributed by atoms with E-state index in [9.17, 15) is 0 Å². The molecule has 0 saturated heterocycles. The van der Waals surface area contributed by atoms with Gasteiger partial charge < -0.3 is 4.42 Å². The highest BCUT2D eigenvalue weighted by atomic mass is 16.3. The molecule has 9 aromatic rings. The highest BCUT2D eigenvalue weighted by molar-refractivity contribution is 6.25. The first-order valence-electron chi connectivity index (χ1n) is 17.5. The van der Waals surface area contributed by atoms with E-state index in [1.165, 1.54) is 0 Å². The predicted octanol–water partition coefficient (Wildman–Crippen LogP) is 12.6. The number of fused-ring (bicyclic) bond motifs is 5. The van der Waals surface area contributed by atoms with Crippen LogP contribution in [-0.2, 0) is 0 Å². The second-order valence-electron chi connectivity index (χ2n) is 11.3. The third kappa shape index (κ3) is 4.17. The quantitative estimate of drug-likeness (QED) is 0.190. The van der Waals surface area contributed by atoms with Crippen LogP contribution < -0.4 is 0 Å². The Morgan fingerprint density at radius 1 is 0.378 bits per heavy atom. The minimum absolute atomic E-state index is 0.192. The van der Waals surface area contributed by atoms with E-state index in [0.717, 1.165) is 76.9 Å². The van der Waals surface area contributed by atoms with Crippen molar-refractivity contribution in [2.24, 2.45) is 0 Å². The molecule has 0 saturated carbocycles. The van der Waals surface area contributed by atoms with E-state index in [-0.39, 0.29) is 29.7 Å². The molecule has 0 aliphatic carbocycles. The Morgan fingerprint density at radius 2 is 0.978 bits per heavy atom. The van der Waals surface area contributed by atoms with Gasteiger partial charge in [-0.3, -0.25) is 0 Å². The molecule has 1 heteroatoms. The lowest BCUT2D eigenvalue weighted by molar-refractivity contribution is 0.669. The summed E-state index contributed by atoms with van der Waals surface area (Å²) in [4.78, 5) is 0. The SMILES string of the molecule is [2H]c1c([2H])c([2H])c(-c2cccc(-c3c4ccccc4c(-c4cccc5oc6cc(-c7ccccc7)ccc6c45)c4ccccc34)c2)c([2H])c1[2H]. The molecule has 0 bridgehead atoms. The van der Waals surface area contributed by atoms with E-state index < -0.39 is 6.04 Å². The van der Waals surface area contributed by atoms with E-state index in [1.54, 1.807) is 0 Å². The fourth-order valence-corrected chi connectivity index (χ4v) is 6.80. The van der Waals surface area contributed by atoms with Gasteiger partial charge in [0.1, 0.15) is 11.2 Å². The van der Waals surface area contributed by atoms with Crippen molar-refractivity contribution in [1.29, 1.82) is 0 Å². The molecule has 8 aromatic carbocycles. The molecule has 45 heavy (non-hydrogen) atoms. The van der Waals surface area contributed by atoms with Crippen LogP contribution in [0.3, 0.4) is 0 Å². The largest absolute Gasteiger partial charge is 0.456 e. The zero-order valence-corrected chi connectivity index (χ0v) is 24.2. The molecule has 0 N–H and O–H groups in total. The van der Waals surface area contributed by atoms with Crippen LogP contribution in [0, 0.1) is 0 Å². The lowest BCUT2D eigenvalue weighted by atomic mass is 9.84. The molecular weight excluding hydrogens is 544 g/mol. The van der Waals surface area contributed by atoms with Crippen molar-refractivity contribution < 1.29 is 11.3 Å². The molecule has 0 atom stereocenters. The summed E-state index contributed by atoms with van der Waals surface area (Å²) in [7, 11) is 0. The molecule has 0 unspecified atom stereocenters. The summed E-state index contributed by atoms with van der Waals surface area (Å²) in [5, 5.41) is 6.38. The van der Waals surface area contributed by atoms with Crippen molar-refractivity contribution in [1.82, 2.24) is 0 Å². The van der Waals surface area contributed by atoms with Crippen LogP contribution in [-0.4, -0.2) is 0 Å². The van der Waals surface area contributed by atoms with Gasteiger partial charge in [0.05, 0.1) is 6.85 Å². The summed E-state index contributed by atoms with van der Waals surface area (Å²) in [5.74, 6) is 0. The summed E-state index contributed by atoms with van der Waals surface area (Å²) in [5.41, 5.74) is 8.78. The van der Waals surface area contributed by atoms with Crippen molar-refractivity contribution in [3.8, 4) is 44.5 Å². The van der Waals surface area contributed by atoms with Crippen molar-refractivity contribution in [2.45, 2.75) is 0 Å². The van der Waals surface area contributed by atoms with Crippen LogP contribution in [0.4, 0.5) is 0 Å². The van der Waals surface area contributed by atoms with Gasteiger partial charge in [0.25, 0.3) is 0 Å². The van der Waals surface area contributed by atoms with Crippen molar-refractivity contribution in [3.05, 3.63) is 170 Å². The monoisotopic (exact) mass is 577 g/mol. The number of rotatable bonds is 4. The van der Waals surface area contributed by atoms with E-state index in [1.807, 2.05) is 60.7 Å². The minimum Gasteiger partial charge on any atom is -0.456 e. The Kier molecular flexibility index (Phi) is 4.81. The molecule has 0 fully saturated rings. The highest BCUT2D eigenvalue weighted by Gasteiger charge is 2.20. The van der Waals surface area contributed by atoms with E-state index in [2.05, 4.69) is 78.9 Å². The number of hydrogen-bond acceptors (Lipinski definition) is 1. The predicted molar refractivity (Wildman–Crippen MR) is 190 cm³/mol. The van der Waals surface area contributed by atoms with Gasteiger partial charge in [-0.1, -0.05) is 145 Å². The maximum atomic E-state index is 8.62. The van der Waals surface area contributed by atoms with Crippen LogP contribution in [0.5, 0.6) is 0 Å². The Balaban J connectivity index is 1.31. The van der Waals surface area contributed by atoms with Crippen LogP contribution in [0.25, 0.3) is 88.0 Å². The number of furan rings is 1. The van der Waals surface area contributed by atoms with Gasteiger partial charge in [-0.05, 0) is 90.3 Å². The van der Waals surface area contributed by atoms with Gasteiger partial charge in [0.15, 0.2) is 0 Å². The number of hydrogen-bond donors (Lipinski definition) is 0. The third-order valence-electron chi connectivity index (χ3n) is 8.74.